The van der Waals surface area contributed by atoms with Crippen LogP contribution in [0.2, 0.25) is 0 Å². The number of hydrogen-bond acceptors (Lipinski definition) is 6. The van der Waals surface area contributed by atoms with Crippen LogP contribution >= 0.6 is 0 Å². The normalized spacial score (nSPS) is 11.8. The van der Waals surface area contributed by atoms with Gasteiger partial charge in [0.05, 0.1) is 19.8 Å². The van der Waals surface area contributed by atoms with Crippen LogP contribution in [0, 0.1) is 5.92 Å². The van der Waals surface area contributed by atoms with Gasteiger partial charge in [-0.25, -0.2) is 0 Å². The van der Waals surface area contributed by atoms with Gasteiger partial charge in [-0.2, -0.15) is 0 Å². The second kappa shape index (κ2) is 16.9. The molecule has 0 aromatic rings. The maximum atomic E-state index is 11.6. The van der Waals surface area contributed by atoms with E-state index in [1.54, 1.807) is 6.92 Å². The molecule has 8 nitrogen and oxygen atoms in total. The third kappa shape index (κ3) is 14.8. The number of ketones is 1. The van der Waals surface area contributed by atoms with Gasteiger partial charge in [0.15, 0.2) is 0 Å². The van der Waals surface area contributed by atoms with Gasteiger partial charge in [-0.05, 0) is 26.2 Å². The molecule has 152 valence electrons. The first-order valence-electron chi connectivity index (χ1n) is 9.19. The second-order valence-corrected chi connectivity index (χ2v) is 6.01. The van der Waals surface area contributed by atoms with Crippen molar-refractivity contribution < 1.29 is 28.6 Å². The number of carbonyl (C=O) groups excluding carboxylic acids is 3. The monoisotopic (exact) mass is 374 g/mol. The number of hydrogen-bond donors (Lipinski definition) is 2. The summed E-state index contributed by atoms with van der Waals surface area (Å²) in [5.74, 6) is 0.0396. The number of amides is 2. The van der Waals surface area contributed by atoms with E-state index in [2.05, 4.69) is 15.4 Å². The van der Waals surface area contributed by atoms with Gasteiger partial charge in [-0.3, -0.25) is 14.4 Å². The topological polar surface area (TPSA) is 103 Å². The van der Waals surface area contributed by atoms with Crippen LogP contribution in [0.1, 0.15) is 39.5 Å². The Morgan fingerprint density at radius 1 is 0.885 bits per heavy atom. The number of methoxy groups -OCH3 is 1. The number of unbranched alkanes of at least 4 members (excludes halogenated alkanes) is 1. The summed E-state index contributed by atoms with van der Waals surface area (Å²) in [5, 5.41) is 5.42. The minimum atomic E-state index is -0.185. The van der Waals surface area contributed by atoms with Gasteiger partial charge in [0, 0.05) is 26.1 Å². The van der Waals surface area contributed by atoms with Crippen molar-refractivity contribution in [3.05, 3.63) is 0 Å². The molecule has 0 aromatic carbocycles. The summed E-state index contributed by atoms with van der Waals surface area (Å²) in [4.78, 5) is 34.0. The molecule has 0 aromatic heterocycles. The molecule has 0 heterocycles. The number of ether oxygens (including phenoxy) is 3. The average Bonchev–Trinajstić information content (AvgIpc) is 2.60. The first-order chi connectivity index (χ1) is 12.5. The Labute approximate surface area is 156 Å². The van der Waals surface area contributed by atoms with Crippen molar-refractivity contribution >= 4 is 17.6 Å². The van der Waals surface area contributed by atoms with E-state index in [-0.39, 0.29) is 36.7 Å². The number of rotatable bonds is 17. The third-order valence-electron chi connectivity index (χ3n) is 3.82. The molecule has 1 atom stereocenters. The van der Waals surface area contributed by atoms with Gasteiger partial charge < -0.3 is 24.8 Å². The lowest BCUT2D eigenvalue weighted by atomic mass is 9.95. The Morgan fingerprint density at radius 3 is 2.19 bits per heavy atom. The van der Waals surface area contributed by atoms with E-state index in [1.807, 2.05) is 6.92 Å². The summed E-state index contributed by atoms with van der Waals surface area (Å²) in [5.41, 5.74) is 0. The summed E-state index contributed by atoms with van der Waals surface area (Å²) in [7, 11) is 1.46. The molecular formula is C18H34N2O6. The maximum Gasteiger partial charge on any atom is 0.246 e. The van der Waals surface area contributed by atoms with Crippen LogP contribution in [0.5, 0.6) is 0 Å². The van der Waals surface area contributed by atoms with Crippen LogP contribution in [0.15, 0.2) is 0 Å². The molecule has 0 saturated carbocycles. The van der Waals surface area contributed by atoms with Crippen LogP contribution in [0.4, 0.5) is 0 Å². The summed E-state index contributed by atoms with van der Waals surface area (Å²) < 4.78 is 15.2. The Morgan fingerprint density at radius 2 is 1.54 bits per heavy atom. The Balaban J connectivity index is 3.39. The predicted octanol–water partition coefficient (Wildman–Crippen LogP) is 0.684. The molecule has 8 heteroatoms. The molecule has 2 amide bonds. The molecule has 0 aliphatic rings. The first kappa shape index (κ1) is 24.5. The highest BCUT2D eigenvalue weighted by Gasteiger charge is 2.10. The maximum absolute atomic E-state index is 11.6. The zero-order chi connectivity index (χ0) is 19.6. The Hall–Kier alpha value is -1.51. The third-order valence-corrected chi connectivity index (χ3v) is 3.82. The molecular weight excluding hydrogens is 340 g/mol. The largest absolute Gasteiger partial charge is 0.377 e. The molecule has 0 rings (SSSR count). The molecule has 2 N–H and O–H groups in total. The number of carbonyl (C=O) groups is 3. The van der Waals surface area contributed by atoms with Gasteiger partial charge in [0.25, 0.3) is 0 Å². The highest BCUT2D eigenvalue weighted by molar-refractivity contribution is 5.78. The molecule has 0 saturated heterocycles. The van der Waals surface area contributed by atoms with Crippen LogP contribution in [-0.4, -0.2) is 70.8 Å². The summed E-state index contributed by atoms with van der Waals surface area (Å²) in [6.45, 7) is 5.74. The summed E-state index contributed by atoms with van der Waals surface area (Å²) >= 11 is 0. The number of Topliss-reactive ketones (excluding diaryl/α,β-unsaturated/α-hetero) is 1. The molecule has 0 aliphatic heterocycles. The van der Waals surface area contributed by atoms with Crippen LogP contribution in [0.25, 0.3) is 0 Å². The van der Waals surface area contributed by atoms with Crippen molar-refractivity contribution in [2.75, 3.05) is 53.2 Å². The molecule has 0 fully saturated rings. The van der Waals surface area contributed by atoms with Gasteiger partial charge in [0.1, 0.15) is 19.0 Å². The Kier molecular flexibility index (Phi) is 15.9. The van der Waals surface area contributed by atoms with Crippen molar-refractivity contribution in [3.8, 4) is 0 Å². The first-order valence-corrected chi connectivity index (χ1v) is 9.19. The van der Waals surface area contributed by atoms with Gasteiger partial charge in [0.2, 0.25) is 11.8 Å². The van der Waals surface area contributed by atoms with E-state index < -0.39 is 0 Å². The number of nitrogens with one attached hydrogen (secondary N) is 2. The van der Waals surface area contributed by atoms with Crippen molar-refractivity contribution in [2.45, 2.75) is 39.5 Å². The highest BCUT2D eigenvalue weighted by atomic mass is 16.5. The minimum Gasteiger partial charge on any atom is -0.377 e. The lowest BCUT2D eigenvalue weighted by molar-refractivity contribution is -0.127. The van der Waals surface area contributed by atoms with Gasteiger partial charge in [-0.15, -0.1) is 0 Å². The molecule has 0 spiro atoms. The summed E-state index contributed by atoms with van der Waals surface area (Å²) in [6, 6.07) is 0. The fourth-order valence-electron chi connectivity index (χ4n) is 2.32. The zero-order valence-corrected chi connectivity index (χ0v) is 16.3. The van der Waals surface area contributed by atoms with Crippen LogP contribution in [0.3, 0.4) is 0 Å². The predicted molar refractivity (Wildman–Crippen MR) is 97.8 cm³/mol. The lowest BCUT2D eigenvalue weighted by Gasteiger charge is -2.11. The highest BCUT2D eigenvalue weighted by Crippen LogP contribution is 2.12. The average molecular weight is 374 g/mol. The van der Waals surface area contributed by atoms with E-state index in [4.69, 9.17) is 9.47 Å². The van der Waals surface area contributed by atoms with E-state index in [0.717, 1.165) is 25.7 Å². The van der Waals surface area contributed by atoms with E-state index in [1.165, 1.54) is 7.11 Å². The second-order valence-electron chi connectivity index (χ2n) is 6.01. The Bertz CT molecular complexity index is 403. The van der Waals surface area contributed by atoms with E-state index >= 15 is 0 Å². The van der Waals surface area contributed by atoms with Gasteiger partial charge in [-0.1, -0.05) is 13.3 Å². The van der Waals surface area contributed by atoms with Crippen molar-refractivity contribution in [1.29, 1.82) is 0 Å². The van der Waals surface area contributed by atoms with Crippen molar-refractivity contribution in [3.63, 3.8) is 0 Å². The van der Waals surface area contributed by atoms with E-state index in [9.17, 15) is 14.4 Å². The molecule has 0 radical (unpaired) electrons. The summed E-state index contributed by atoms with van der Waals surface area (Å²) in [6.07, 6.45) is 3.53. The molecule has 0 unspecified atom stereocenters. The quantitative estimate of drug-likeness (QED) is 0.363. The van der Waals surface area contributed by atoms with Gasteiger partial charge >= 0.3 is 0 Å². The smallest absolute Gasteiger partial charge is 0.246 e. The SMILES string of the molecule is CC[C@@H](CCCCNC(=O)COCCOCCNC(=O)COC)C(C)=O. The fourth-order valence-corrected chi connectivity index (χ4v) is 2.32. The van der Waals surface area contributed by atoms with Crippen molar-refractivity contribution in [1.82, 2.24) is 10.6 Å². The molecule has 0 bridgehead atoms. The standard InChI is InChI=1S/C18H34N2O6/c1-4-16(15(2)21)7-5-6-8-19-18(23)14-26-12-11-25-10-9-20-17(22)13-24-3/h16H,4-14H2,1-3H3,(H,19,23)(H,20,22)/t16-/m0/s1. The van der Waals surface area contributed by atoms with Crippen LogP contribution < -0.4 is 10.6 Å². The molecule has 0 aliphatic carbocycles. The lowest BCUT2D eigenvalue weighted by Crippen LogP contribution is -2.31. The molecule has 26 heavy (non-hydrogen) atoms. The minimum absolute atomic E-state index is 0.00103. The van der Waals surface area contributed by atoms with Crippen molar-refractivity contribution in [2.24, 2.45) is 5.92 Å². The van der Waals surface area contributed by atoms with Crippen LogP contribution in [-0.2, 0) is 28.6 Å². The zero-order valence-electron chi connectivity index (χ0n) is 16.3. The van der Waals surface area contributed by atoms with E-state index in [0.29, 0.717) is 32.9 Å². The fraction of sp³-hybridized carbons (Fsp3) is 0.833.